The molecule has 1 aliphatic rings. The lowest BCUT2D eigenvalue weighted by Crippen LogP contribution is -2.37. The molecule has 0 aromatic carbocycles. The van der Waals surface area contributed by atoms with Gasteiger partial charge < -0.3 is 11.1 Å². The van der Waals surface area contributed by atoms with Crippen molar-refractivity contribution in [3.05, 3.63) is 6.42 Å². The van der Waals surface area contributed by atoms with Gasteiger partial charge in [-0.3, -0.25) is 9.59 Å². The van der Waals surface area contributed by atoms with E-state index in [1.165, 1.54) is 0 Å². The van der Waals surface area contributed by atoms with Crippen molar-refractivity contribution in [2.75, 3.05) is 0 Å². The second-order valence-electron chi connectivity index (χ2n) is 4.09. The van der Waals surface area contributed by atoms with Crippen LogP contribution in [-0.2, 0) is 9.59 Å². The highest BCUT2D eigenvalue weighted by molar-refractivity contribution is 5.86. The Kier molecular flexibility index (Phi) is 3.66. The van der Waals surface area contributed by atoms with Crippen molar-refractivity contribution in [1.82, 2.24) is 5.32 Å². The molecule has 1 fully saturated rings. The molecule has 1 rings (SSSR count). The smallest absolute Gasteiger partial charge is 0.257 e. The molecule has 0 atom stereocenters. The van der Waals surface area contributed by atoms with E-state index in [2.05, 4.69) is 11.1 Å². The van der Waals surface area contributed by atoms with Gasteiger partial charge in [-0.25, -0.2) is 8.78 Å². The molecule has 3 N–H and O–H groups in total. The van der Waals surface area contributed by atoms with Crippen LogP contribution in [0.4, 0.5) is 8.78 Å². The third-order valence-electron chi connectivity index (χ3n) is 2.35. The zero-order chi connectivity index (χ0) is 13.1. The normalized spacial score (nSPS) is 17.0. The van der Waals surface area contributed by atoms with Crippen LogP contribution in [0.1, 0.15) is 25.7 Å². The van der Waals surface area contributed by atoms with Gasteiger partial charge in [0.2, 0.25) is 11.8 Å². The molecule has 0 aromatic heterocycles. The van der Waals surface area contributed by atoms with E-state index < -0.39 is 36.1 Å². The van der Waals surface area contributed by atoms with Gasteiger partial charge in [0.05, 0.1) is 18.9 Å². The number of halogens is 2. The second-order valence-corrected chi connectivity index (χ2v) is 4.09. The monoisotopic (exact) mass is 244 g/mol. The summed E-state index contributed by atoms with van der Waals surface area (Å²) in [4.78, 5) is 21.6. The number of carbonyl (C=O) groups is 2. The van der Waals surface area contributed by atoms with Crippen molar-refractivity contribution < 1.29 is 18.4 Å². The molecule has 17 heavy (non-hydrogen) atoms. The summed E-state index contributed by atoms with van der Waals surface area (Å²) in [6.45, 7) is 0. The maximum Gasteiger partial charge on any atom is 0.257 e. The highest BCUT2D eigenvalue weighted by Gasteiger charge is 2.44. The van der Waals surface area contributed by atoms with E-state index in [4.69, 9.17) is 5.26 Å². The number of nitrogens with one attached hydrogen (secondary N) is 1. The number of amides is 2. The predicted octanol–water partition coefficient (Wildman–Crippen LogP) is 0.264. The number of carbonyl (C=O) groups excluding carboxylic acids is 2. The lowest BCUT2D eigenvalue weighted by Gasteiger charge is -2.14. The number of primary amides is 1. The molecule has 0 aliphatic heterocycles. The average Bonchev–Trinajstić information content (AvgIpc) is 2.94. The lowest BCUT2D eigenvalue weighted by molar-refractivity contribution is -0.127. The van der Waals surface area contributed by atoms with Gasteiger partial charge in [0.1, 0.15) is 5.54 Å². The van der Waals surface area contributed by atoms with Gasteiger partial charge in [-0.2, -0.15) is 5.26 Å². The first-order valence-electron chi connectivity index (χ1n) is 5.01. The van der Waals surface area contributed by atoms with Gasteiger partial charge in [0.25, 0.3) is 5.92 Å². The van der Waals surface area contributed by atoms with E-state index in [-0.39, 0.29) is 0 Å². The summed E-state index contributed by atoms with van der Waals surface area (Å²) >= 11 is 0. The Labute approximate surface area is 97.0 Å². The Morgan fingerprint density at radius 3 is 2.53 bits per heavy atom. The summed E-state index contributed by atoms with van der Waals surface area (Å²) < 4.78 is 26.0. The summed E-state index contributed by atoms with van der Waals surface area (Å²) in [5, 5.41) is 11.0. The average molecular weight is 244 g/mol. The molecule has 1 aliphatic carbocycles. The summed E-state index contributed by atoms with van der Waals surface area (Å²) in [6.07, 6.45) is -0.175. The minimum atomic E-state index is -3.33. The van der Waals surface area contributed by atoms with Crippen molar-refractivity contribution >= 4 is 11.8 Å². The van der Waals surface area contributed by atoms with E-state index >= 15 is 0 Å². The van der Waals surface area contributed by atoms with E-state index in [0.717, 1.165) is 6.42 Å². The summed E-state index contributed by atoms with van der Waals surface area (Å²) in [7, 11) is 0. The number of nitrogens with two attached hydrogens (primary N) is 1. The lowest BCUT2D eigenvalue weighted by atomic mass is 10.1. The molecule has 0 spiro atoms. The molecule has 0 bridgehead atoms. The van der Waals surface area contributed by atoms with Crippen molar-refractivity contribution in [1.29, 1.82) is 5.26 Å². The van der Waals surface area contributed by atoms with E-state index in [1.807, 2.05) is 6.07 Å². The van der Waals surface area contributed by atoms with Gasteiger partial charge in [-0.15, -0.1) is 0 Å². The summed E-state index contributed by atoms with van der Waals surface area (Å²) in [6, 6.07) is 1.90. The van der Waals surface area contributed by atoms with Crippen LogP contribution < -0.4 is 11.1 Å². The molecular formula is C10H12F2N3O2. The Morgan fingerprint density at radius 2 is 2.12 bits per heavy atom. The van der Waals surface area contributed by atoms with Crippen molar-refractivity contribution in [3.8, 4) is 6.07 Å². The molecule has 2 amide bonds. The first-order chi connectivity index (χ1) is 7.79. The predicted molar refractivity (Wildman–Crippen MR) is 53.4 cm³/mol. The third-order valence-corrected chi connectivity index (χ3v) is 2.35. The van der Waals surface area contributed by atoms with E-state index in [9.17, 15) is 18.4 Å². The van der Waals surface area contributed by atoms with Crippen LogP contribution in [0.2, 0.25) is 0 Å². The standard InChI is InChI=1S/C10H12F2N3O2/c11-10(12,5-7(14)16)2-1-8(17)15-9(6-13)3-4-9/h1H,2-5H2,(H2,14,16)(H,15,17). The fraction of sp³-hybridized carbons (Fsp3) is 0.600. The Morgan fingerprint density at radius 1 is 1.53 bits per heavy atom. The summed E-state index contributed by atoms with van der Waals surface area (Å²) in [5.74, 6) is -5.18. The van der Waals surface area contributed by atoms with Crippen LogP contribution in [0.3, 0.4) is 0 Å². The molecule has 5 nitrogen and oxygen atoms in total. The SMILES string of the molecule is N#CC1(NC(=O)[CH]CC(F)(F)CC(N)=O)CC1. The minimum Gasteiger partial charge on any atom is -0.369 e. The number of nitrogens with zero attached hydrogens (tertiary/aromatic N) is 1. The van der Waals surface area contributed by atoms with Gasteiger partial charge in [0.15, 0.2) is 0 Å². The first-order valence-corrected chi connectivity index (χ1v) is 5.01. The number of nitriles is 1. The molecule has 1 saturated carbocycles. The molecule has 93 valence electrons. The van der Waals surface area contributed by atoms with Gasteiger partial charge >= 0.3 is 0 Å². The maximum absolute atomic E-state index is 13.0. The fourth-order valence-corrected chi connectivity index (χ4v) is 1.25. The second kappa shape index (κ2) is 4.65. The largest absolute Gasteiger partial charge is 0.369 e. The molecule has 0 heterocycles. The number of hydrogen-bond donors (Lipinski definition) is 2. The first kappa shape index (κ1) is 13.4. The van der Waals surface area contributed by atoms with Crippen LogP contribution >= 0.6 is 0 Å². The Hall–Kier alpha value is -1.71. The van der Waals surface area contributed by atoms with Gasteiger partial charge in [-0.05, 0) is 12.8 Å². The zero-order valence-corrected chi connectivity index (χ0v) is 9.00. The molecule has 0 aromatic rings. The topological polar surface area (TPSA) is 96.0 Å². The van der Waals surface area contributed by atoms with E-state index in [0.29, 0.717) is 12.8 Å². The van der Waals surface area contributed by atoms with Crippen molar-refractivity contribution in [2.45, 2.75) is 37.1 Å². The molecule has 0 unspecified atom stereocenters. The van der Waals surface area contributed by atoms with E-state index in [1.54, 1.807) is 0 Å². The van der Waals surface area contributed by atoms with Crippen LogP contribution in [0, 0.1) is 17.8 Å². The highest BCUT2D eigenvalue weighted by Crippen LogP contribution is 2.34. The highest BCUT2D eigenvalue weighted by atomic mass is 19.3. The summed E-state index contributed by atoms with van der Waals surface area (Å²) in [5.41, 5.74) is 3.76. The fourth-order valence-electron chi connectivity index (χ4n) is 1.25. The van der Waals surface area contributed by atoms with Crippen LogP contribution in [-0.4, -0.2) is 23.3 Å². The van der Waals surface area contributed by atoms with Crippen LogP contribution in [0.15, 0.2) is 0 Å². The third kappa shape index (κ3) is 4.34. The number of rotatable bonds is 6. The number of hydrogen-bond acceptors (Lipinski definition) is 3. The molecule has 1 radical (unpaired) electrons. The van der Waals surface area contributed by atoms with Crippen molar-refractivity contribution in [2.24, 2.45) is 5.73 Å². The van der Waals surface area contributed by atoms with Gasteiger partial charge in [0, 0.05) is 6.42 Å². The molecule has 7 heteroatoms. The quantitative estimate of drug-likeness (QED) is 0.701. The Bertz CT molecular complexity index is 372. The van der Waals surface area contributed by atoms with Crippen LogP contribution in [0.5, 0.6) is 0 Å². The van der Waals surface area contributed by atoms with Gasteiger partial charge in [-0.1, -0.05) is 0 Å². The molecule has 0 saturated heterocycles. The Balaban J connectivity index is 2.33. The maximum atomic E-state index is 13.0. The number of alkyl halides is 2. The van der Waals surface area contributed by atoms with Crippen molar-refractivity contribution in [3.63, 3.8) is 0 Å². The minimum absolute atomic E-state index is 0.529. The van der Waals surface area contributed by atoms with Crippen LogP contribution in [0.25, 0.3) is 0 Å². The zero-order valence-electron chi connectivity index (χ0n) is 9.00. The molecular weight excluding hydrogens is 232 g/mol.